The maximum atomic E-state index is 15.2. The summed E-state index contributed by atoms with van der Waals surface area (Å²) in [4.78, 5) is 92.4. The van der Waals surface area contributed by atoms with Crippen molar-refractivity contribution in [1.82, 2.24) is 44.9 Å². The van der Waals surface area contributed by atoms with Gasteiger partial charge in [0.25, 0.3) is 11.5 Å². The zero-order valence-corrected chi connectivity index (χ0v) is 50.2. The molecule has 3 atom stereocenters. The van der Waals surface area contributed by atoms with Crippen molar-refractivity contribution in [2.24, 2.45) is 5.92 Å². The number of aromatic nitrogens is 2. The average Bonchev–Trinajstić information content (AvgIpc) is 2.92. The average molecular weight is 1200 g/mol. The van der Waals surface area contributed by atoms with E-state index in [4.69, 9.17) is 9.47 Å². The number of hydrogen-bond donors (Lipinski definition) is 3. The lowest BCUT2D eigenvalue weighted by Crippen LogP contribution is -2.55. The van der Waals surface area contributed by atoms with Gasteiger partial charge in [-0.3, -0.25) is 38.7 Å². The summed E-state index contributed by atoms with van der Waals surface area (Å²) < 4.78 is 56.0. The molecule has 4 aliphatic heterocycles. The normalized spacial score (nSPS) is 19.6. The highest BCUT2D eigenvalue weighted by Crippen LogP contribution is 2.32. The number of hydrogen-bond acceptors (Lipinski definition) is 12. The topological polar surface area (TPSA) is 201 Å². The summed E-state index contributed by atoms with van der Waals surface area (Å²) in [5, 5.41) is 22.6. The summed E-state index contributed by atoms with van der Waals surface area (Å²) in [6.07, 6.45) is 7.41. The minimum absolute atomic E-state index is 0.00175. The molecule has 21 heteroatoms. The number of aliphatic hydroxyl groups excluding tert-OH is 1. The van der Waals surface area contributed by atoms with Crippen molar-refractivity contribution in [3.05, 3.63) is 146 Å². The Morgan fingerprint density at radius 3 is 2.15 bits per heavy atom. The molecule has 10 rings (SSSR count). The highest BCUT2D eigenvalue weighted by atomic mass is 19.1. The fourth-order valence-electron chi connectivity index (χ4n) is 13.1. The molecule has 1 aliphatic carbocycles. The van der Waals surface area contributed by atoms with Crippen molar-refractivity contribution in [3.63, 3.8) is 0 Å². The first-order valence-electron chi connectivity index (χ1n) is 31.0. The number of carbonyl (C=O) groups is 5. The number of ether oxygens (including phenoxy) is 2. The molecule has 5 amide bonds. The van der Waals surface area contributed by atoms with Crippen LogP contribution in [0, 0.1) is 23.4 Å². The Hall–Kier alpha value is -7.20. The first-order valence-corrected chi connectivity index (χ1v) is 31.0. The van der Waals surface area contributed by atoms with Crippen LogP contribution in [0.1, 0.15) is 142 Å². The van der Waals surface area contributed by atoms with Crippen molar-refractivity contribution in [1.29, 1.82) is 0 Å². The molecule has 5 fully saturated rings. The fraction of sp³-hybridized carbons (Fsp3) is 0.530. The number of piperidine rings is 3. The summed E-state index contributed by atoms with van der Waals surface area (Å²) in [6.45, 7) is 9.45. The van der Waals surface area contributed by atoms with Crippen LogP contribution in [0.2, 0.25) is 0 Å². The van der Waals surface area contributed by atoms with Crippen molar-refractivity contribution < 1.29 is 51.7 Å². The van der Waals surface area contributed by atoms with Gasteiger partial charge in [-0.05, 0) is 126 Å². The highest BCUT2D eigenvalue weighted by Gasteiger charge is 2.38. The smallest absolute Gasteiger partial charge is 0.411 e. The molecule has 3 N–H and O–H groups in total. The van der Waals surface area contributed by atoms with E-state index in [0.29, 0.717) is 113 Å². The van der Waals surface area contributed by atoms with Gasteiger partial charge in [0.05, 0.1) is 36.4 Å². The number of benzene rings is 4. The lowest BCUT2D eigenvalue weighted by atomic mass is 9.83. The first kappa shape index (κ1) is 62.8. The Morgan fingerprint density at radius 1 is 0.724 bits per heavy atom. The van der Waals surface area contributed by atoms with Crippen LogP contribution in [0.3, 0.4) is 0 Å². The van der Waals surface area contributed by atoms with Gasteiger partial charge in [0.15, 0.2) is 0 Å². The van der Waals surface area contributed by atoms with E-state index < -0.39 is 41.4 Å². The molecule has 18 nitrogen and oxygen atoms in total. The van der Waals surface area contributed by atoms with Crippen LogP contribution >= 0.6 is 0 Å². The number of aliphatic hydroxyl groups is 1. The monoisotopic (exact) mass is 1200 g/mol. The number of fused-ring (bicyclic) bond motifs is 1. The zero-order chi connectivity index (χ0) is 61.4. The van der Waals surface area contributed by atoms with E-state index in [2.05, 4.69) is 20.4 Å². The van der Waals surface area contributed by atoms with Crippen molar-refractivity contribution in [2.75, 3.05) is 78.5 Å². The summed E-state index contributed by atoms with van der Waals surface area (Å²) in [5.41, 5.74) is 1.69. The summed E-state index contributed by atoms with van der Waals surface area (Å²) >= 11 is 0. The number of piperazine rings is 1. The van der Waals surface area contributed by atoms with Crippen LogP contribution in [0.25, 0.3) is 10.8 Å². The first-order chi connectivity index (χ1) is 41.8. The lowest BCUT2D eigenvalue weighted by molar-refractivity contribution is -0.140. The minimum Gasteiger partial charge on any atom is -0.444 e. The minimum atomic E-state index is -1.21. The summed E-state index contributed by atoms with van der Waals surface area (Å²) in [7, 11) is 0. The molecule has 4 saturated heterocycles. The molecule has 5 aromatic rings. The van der Waals surface area contributed by atoms with Gasteiger partial charge in [-0.25, -0.2) is 23.1 Å². The van der Waals surface area contributed by atoms with Gasteiger partial charge in [0.2, 0.25) is 17.7 Å². The number of H-pyrrole nitrogens is 1. The molecule has 0 radical (unpaired) electrons. The van der Waals surface area contributed by atoms with E-state index in [1.54, 1.807) is 65.8 Å². The molecule has 5 heterocycles. The predicted molar refractivity (Wildman–Crippen MR) is 321 cm³/mol. The maximum absolute atomic E-state index is 15.2. The van der Waals surface area contributed by atoms with Crippen molar-refractivity contribution in [2.45, 2.75) is 140 Å². The molecular formula is C66H82F3N9O9. The SMILES string of the molecule is CC(C)(C)OC(=O)N(CC(=O)N1CCCC(c2cccc(C(=O)N[C@@H](C(=O)N3CCC(OC4CCN(CC(=O)N5CCN(C(O)c6cc(Cc7n[nH]c(=O)c8ccccc78)ccc6F)CC5)CC4)CC3)C3CCCCC3)c2)C1)Cc1ccc(F)cc1F. The molecule has 4 aromatic carbocycles. The van der Waals surface area contributed by atoms with Crippen LogP contribution in [-0.2, 0) is 36.8 Å². The Balaban J connectivity index is 0.667. The van der Waals surface area contributed by atoms with Crippen LogP contribution in [0.5, 0.6) is 0 Å². The number of nitrogens with one attached hydrogen (secondary N) is 2. The highest BCUT2D eigenvalue weighted by molar-refractivity contribution is 5.98. The second-order valence-electron chi connectivity index (χ2n) is 25.2. The second-order valence-corrected chi connectivity index (χ2v) is 25.2. The van der Waals surface area contributed by atoms with Crippen LogP contribution < -0.4 is 10.9 Å². The van der Waals surface area contributed by atoms with Gasteiger partial charge >= 0.3 is 6.09 Å². The van der Waals surface area contributed by atoms with E-state index in [9.17, 15) is 42.7 Å². The van der Waals surface area contributed by atoms with Crippen LogP contribution in [0.15, 0.2) is 89.7 Å². The Kier molecular flexibility index (Phi) is 20.4. The molecule has 1 saturated carbocycles. The second kappa shape index (κ2) is 28.3. The van der Waals surface area contributed by atoms with Crippen LogP contribution in [0.4, 0.5) is 18.0 Å². The number of halogens is 3. The third-order valence-corrected chi connectivity index (χ3v) is 18.0. The quantitative estimate of drug-likeness (QED) is 0.0810. The van der Waals surface area contributed by atoms with Crippen LogP contribution in [-0.4, -0.2) is 177 Å². The molecule has 0 bridgehead atoms. The number of rotatable bonds is 17. The van der Waals surface area contributed by atoms with Crippen molar-refractivity contribution >= 4 is 40.5 Å². The van der Waals surface area contributed by atoms with Gasteiger partial charge < -0.3 is 34.6 Å². The molecule has 5 aliphatic rings. The molecule has 87 heavy (non-hydrogen) atoms. The van der Waals surface area contributed by atoms with E-state index >= 15 is 4.39 Å². The van der Waals surface area contributed by atoms with E-state index in [-0.39, 0.29) is 84.0 Å². The number of carbonyl (C=O) groups excluding carboxylic acids is 5. The van der Waals surface area contributed by atoms with Gasteiger partial charge in [0, 0.05) is 106 Å². The number of nitrogens with zero attached hydrogens (tertiary/aromatic N) is 7. The standard InChI is InChI=1S/C66H82F3N9O9/c1-66(2,3)87-65(85)78(40-48-19-20-49(67)38-56(48)69)42-59(80)77-26-10-15-47(39-77)45-13-9-14-46(37-45)61(81)70-60(44-11-5-4-6-12-44)64(84)75-29-24-51(25-30-75)86-50-22-27-73(28-23-50)41-58(79)74-31-33-76(34-32-74)63(83)54-35-43(18-21-55(54)68)36-57-52-16-7-8-17-53(52)62(82)72-71-57/h7-9,13-14,16-21,35,37-38,44,47,50-51,60,63,83H,4-6,10-12,15,22-34,36,39-42H2,1-3H3,(H,70,81)(H,72,82)/t47?,60-,63?/m1/s1. The third-order valence-electron chi connectivity index (χ3n) is 18.0. The molecule has 2 unspecified atom stereocenters. The van der Waals surface area contributed by atoms with Gasteiger partial charge in [0.1, 0.15) is 41.9 Å². The number of amides is 5. The Morgan fingerprint density at radius 2 is 1.44 bits per heavy atom. The van der Waals surface area contributed by atoms with Gasteiger partial charge in [-0.15, -0.1) is 0 Å². The lowest BCUT2D eigenvalue weighted by Gasteiger charge is -2.40. The van der Waals surface area contributed by atoms with Crippen molar-refractivity contribution in [3.8, 4) is 0 Å². The van der Waals surface area contributed by atoms with E-state index in [0.717, 1.165) is 79.5 Å². The molecule has 1 aromatic heterocycles. The Labute approximate surface area is 506 Å². The maximum Gasteiger partial charge on any atom is 0.411 e. The van der Waals surface area contributed by atoms with E-state index in [1.807, 2.05) is 35.2 Å². The molecule has 466 valence electrons. The summed E-state index contributed by atoms with van der Waals surface area (Å²) in [6, 6.07) is 21.6. The van der Waals surface area contributed by atoms with Gasteiger partial charge in [-0.1, -0.05) is 61.7 Å². The van der Waals surface area contributed by atoms with Gasteiger partial charge in [-0.2, -0.15) is 5.10 Å². The predicted octanol–water partition coefficient (Wildman–Crippen LogP) is 8.06. The largest absolute Gasteiger partial charge is 0.444 e. The zero-order valence-electron chi connectivity index (χ0n) is 50.2. The number of likely N-dealkylation sites (tertiary alicyclic amines) is 3. The fourth-order valence-corrected chi connectivity index (χ4v) is 13.1. The Bertz CT molecular complexity index is 3310. The molecular weight excluding hydrogens is 1120 g/mol. The third kappa shape index (κ3) is 16.1. The molecule has 0 spiro atoms. The van der Waals surface area contributed by atoms with E-state index in [1.165, 1.54) is 12.1 Å². The summed E-state index contributed by atoms with van der Waals surface area (Å²) in [5.74, 6) is -2.98. The number of aromatic amines is 1.